The Bertz CT molecular complexity index is 529. The summed E-state index contributed by atoms with van der Waals surface area (Å²) in [6.45, 7) is 1.89. The van der Waals surface area contributed by atoms with Crippen LogP contribution >= 0.6 is 11.6 Å². The predicted molar refractivity (Wildman–Crippen MR) is 82.4 cm³/mol. The summed E-state index contributed by atoms with van der Waals surface area (Å²) in [5, 5.41) is 9.36. The lowest BCUT2D eigenvalue weighted by Gasteiger charge is -2.23. The molecule has 1 aliphatic heterocycles. The van der Waals surface area contributed by atoms with Crippen LogP contribution in [0.15, 0.2) is 24.3 Å². The molecule has 0 aromatic heterocycles. The molecule has 1 saturated heterocycles. The lowest BCUT2D eigenvalue weighted by molar-refractivity contribution is -0.131. The highest BCUT2D eigenvalue weighted by atomic mass is 35.5. The maximum absolute atomic E-state index is 10.7. The minimum absolute atomic E-state index is 0.519. The normalized spacial score (nSPS) is 19.2. The Kier molecular flexibility index (Phi) is 4.68. The molecule has 1 N–H and O–H groups in total. The number of rotatable bonds is 4. The first-order valence-corrected chi connectivity index (χ1v) is 6.97. The second-order valence-corrected chi connectivity index (χ2v) is 5.60. The molecule has 1 aliphatic rings. The third-order valence-electron chi connectivity index (χ3n) is 3.66. The number of nitrogens with zero attached hydrogens (tertiary/aromatic N) is 2. The molecule has 0 radical (unpaired) electrons. The van der Waals surface area contributed by atoms with E-state index in [2.05, 4.69) is 23.9 Å². The summed E-state index contributed by atoms with van der Waals surface area (Å²) >= 11 is 6.21. The SMILES string of the molecule is CN(C)C1CCN(c2cccc(Cl)c2C=CC(=O)O)C1. The Labute approximate surface area is 124 Å². The molecule has 1 aromatic rings. The van der Waals surface area contributed by atoms with Crippen LogP contribution in [0.2, 0.25) is 5.02 Å². The number of halogens is 1. The number of hydrogen-bond donors (Lipinski definition) is 1. The molecule has 0 saturated carbocycles. The predicted octanol–water partition coefficient (Wildman–Crippen LogP) is 2.58. The van der Waals surface area contributed by atoms with Crippen molar-refractivity contribution in [3.8, 4) is 0 Å². The van der Waals surface area contributed by atoms with E-state index >= 15 is 0 Å². The van der Waals surface area contributed by atoms with Crippen molar-refractivity contribution in [2.45, 2.75) is 12.5 Å². The Morgan fingerprint density at radius 1 is 1.50 bits per heavy atom. The van der Waals surface area contributed by atoms with E-state index in [-0.39, 0.29) is 0 Å². The van der Waals surface area contributed by atoms with Gasteiger partial charge in [0.15, 0.2) is 0 Å². The summed E-state index contributed by atoms with van der Waals surface area (Å²) in [5.41, 5.74) is 1.77. The van der Waals surface area contributed by atoms with Gasteiger partial charge in [-0.15, -0.1) is 0 Å². The molecule has 20 heavy (non-hydrogen) atoms. The fraction of sp³-hybridized carbons (Fsp3) is 0.400. The van der Waals surface area contributed by atoms with Gasteiger partial charge in [0.25, 0.3) is 0 Å². The first kappa shape index (κ1) is 14.9. The summed E-state index contributed by atoms with van der Waals surface area (Å²) < 4.78 is 0. The van der Waals surface area contributed by atoms with Crippen molar-refractivity contribution < 1.29 is 9.90 Å². The maximum Gasteiger partial charge on any atom is 0.328 e. The van der Waals surface area contributed by atoms with Crippen molar-refractivity contribution in [3.63, 3.8) is 0 Å². The Morgan fingerprint density at radius 2 is 2.25 bits per heavy atom. The molecular formula is C15H19ClN2O2. The zero-order valence-corrected chi connectivity index (χ0v) is 12.5. The van der Waals surface area contributed by atoms with E-state index in [4.69, 9.17) is 16.7 Å². The topological polar surface area (TPSA) is 43.8 Å². The minimum atomic E-state index is -0.969. The van der Waals surface area contributed by atoms with Crippen LogP contribution in [-0.2, 0) is 4.79 Å². The summed E-state index contributed by atoms with van der Waals surface area (Å²) in [5.74, 6) is -0.969. The summed E-state index contributed by atoms with van der Waals surface area (Å²) in [7, 11) is 4.16. The molecule has 108 valence electrons. The van der Waals surface area contributed by atoms with Crippen LogP contribution in [0, 0.1) is 0 Å². The second kappa shape index (κ2) is 6.29. The number of likely N-dealkylation sites (N-methyl/N-ethyl adjacent to an activating group) is 1. The molecule has 4 nitrogen and oxygen atoms in total. The van der Waals surface area contributed by atoms with Crippen LogP contribution in [0.4, 0.5) is 5.69 Å². The van der Waals surface area contributed by atoms with Crippen LogP contribution < -0.4 is 4.90 Å². The lowest BCUT2D eigenvalue weighted by Crippen LogP contribution is -2.31. The van der Waals surface area contributed by atoms with Gasteiger partial charge in [-0.25, -0.2) is 4.79 Å². The van der Waals surface area contributed by atoms with Gasteiger partial charge in [-0.2, -0.15) is 0 Å². The Balaban J connectivity index is 2.28. The van der Waals surface area contributed by atoms with Gasteiger partial charge in [-0.1, -0.05) is 17.7 Å². The van der Waals surface area contributed by atoms with Gasteiger partial charge in [-0.3, -0.25) is 0 Å². The molecule has 0 bridgehead atoms. The lowest BCUT2D eigenvalue weighted by atomic mass is 10.1. The molecule has 2 rings (SSSR count). The second-order valence-electron chi connectivity index (χ2n) is 5.20. The van der Waals surface area contributed by atoms with Crippen molar-refractivity contribution in [3.05, 3.63) is 34.9 Å². The number of benzene rings is 1. The van der Waals surface area contributed by atoms with Crippen molar-refractivity contribution in [1.29, 1.82) is 0 Å². The highest BCUT2D eigenvalue weighted by molar-refractivity contribution is 6.32. The standard InChI is InChI=1S/C15H19ClN2O2/c1-17(2)11-8-9-18(10-11)14-5-3-4-13(16)12(14)6-7-15(19)20/h3-7,11H,8-10H2,1-2H3,(H,19,20). The molecule has 0 spiro atoms. The molecule has 1 aromatic carbocycles. The van der Waals surface area contributed by atoms with Crippen molar-refractivity contribution in [2.75, 3.05) is 32.1 Å². The molecule has 1 heterocycles. The van der Waals surface area contributed by atoms with Crippen LogP contribution in [0.1, 0.15) is 12.0 Å². The van der Waals surface area contributed by atoms with Crippen LogP contribution in [0.25, 0.3) is 6.08 Å². The van der Waals surface area contributed by atoms with E-state index in [1.165, 1.54) is 0 Å². The quantitative estimate of drug-likeness (QED) is 0.867. The smallest absolute Gasteiger partial charge is 0.328 e. The molecule has 1 fully saturated rings. The molecule has 5 heteroatoms. The van der Waals surface area contributed by atoms with E-state index in [0.717, 1.165) is 36.8 Å². The maximum atomic E-state index is 10.7. The van der Waals surface area contributed by atoms with Crippen molar-refractivity contribution in [1.82, 2.24) is 4.90 Å². The fourth-order valence-corrected chi connectivity index (χ4v) is 2.74. The zero-order chi connectivity index (χ0) is 14.7. The van der Waals surface area contributed by atoms with Crippen molar-refractivity contribution >= 4 is 29.3 Å². The number of carboxylic acid groups (broad SMARTS) is 1. The van der Waals surface area contributed by atoms with Gasteiger partial charge in [-0.05, 0) is 38.7 Å². The number of hydrogen-bond acceptors (Lipinski definition) is 3. The zero-order valence-electron chi connectivity index (χ0n) is 11.7. The molecule has 1 atom stereocenters. The van der Waals surface area contributed by atoms with Crippen LogP contribution in [0.3, 0.4) is 0 Å². The minimum Gasteiger partial charge on any atom is -0.478 e. The van der Waals surface area contributed by atoms with Gasteiger partial charge in [0, 0.05) is 41.5 Å². The summed E-state index contributed by atoms with van der Waals surface area (Å²) in [6.07, 6.45) is 3.80. The van der Waals surface area contributed by atoms with E-state index < -0.39 is 5.97 Å². The van der Waals surface area contributed by atoms with Gasteiger partial charge in [0.2, 0.25) is 0 Å². The number of aliphatic carboxylic acids is 1. The van der Waals surface area contributed by atoms with Gasteiger partial charge in [0.05, 0.1) is 0 Å². The van der Waals surface area contributed by atoms with Crippen molar-refractivity contribution in [2.24, 2.45) is 0 Å². The third kappa shape index (κ3) is 3.32. The average molecular weight is 295 g/mol. The van der Waals surface area contributed by atoms with Crippen LogP contribution in [-0.4, -0.2) is 49.2 Å². The third-order valence-corrected chi connectivity index (χ3v) is 3.99. The van der Waals surface area contributed by atoms with E-state index in [1.807, 2.05) is 12.1 Å². The molecule has 1 unspecified atom stereocenters. The fourth-order valence-electron chi connectivity index (χ4n) is 2.50. The Hall–Kier alpha value is -1.52. The average Bonchev–Trinajstić information content (AvgIpc) is 2.86. The van der Waals surface area contributed by atoms with Gasteiger partial charge in [0.1, 0.15) is 0 Å². The number of carbonyl (C=O) groups is 1. The largest absolute Gasteiger partial charge is 0.478 e. The first-order chi connectivity index (χ1) is 9.49. The first-order valence-electron chi connectivity index (χ1n) is 6.60. The van der Waals surface area contributed by atoms with Gasteiger partial charge >= 0.3 is 5.97 Å². The summed E-state index contributed by atoms with van der Waals surface area (Å²) in [6, 6.07) is 6.20. The van der Waals surface area contributed by atoms with Gasteiger partial charge < -0.3 is 14.9 Å². The Morgan fingerprint density at radius 3 is 2.85 bits per heavy atom. The molecule has 0 aliphatic carbocycles. The van der Waals surface area contributed by atoms with E-state index in [9.17, 15) is 4.79 Å². The summed E-state index contributed by atoms with van der Waals surface area (Å²) in [4.78, 5) is 15.2. The highest BCUT2D eigenvalue weighted by Gasteiger charge is 2.25. The van der Waals surface area contributed by atoms with Crippen LogP contribution in [0.5, 0.6) is 0 Å². The molecular weight excluding hydrogens is 276 g/mol. The van der Waals surface area contributed by atoms with E-state index in [0.29, 0.717) is 11.1 Å². The number of carboxylic acids is 1. The number of anilines is 1. The molecule has 0 amide bonds. The monoisotopic (exact) mass is 294 g/mol. The highest BCUT2D eigenvalue weighted by Crippen LogP contribution is 2.31. The van der Waals surface area contributed by atoms with E-state index in [1.54, 1.807) is 12.1 Å².